The second-order valence-corrected chi connectivity index (χ2v) is 8.60. The molecule has 0 aliphatic carbocycles. The van der Waals surface area contributed by atoms with Crippen LogP contribution in [0.3, 0.4) is 0 Å². The van der Waals surface area contributed by atoms with Crippen LogP contribution in [-0.2, 0) is 0 Å². The molecule has 0 heterocycles. The second-order valence-electron chi connectivity index (χ2n) is 1.40. The van der Waals surface area contributed by atoms with Crippen LogP contribution in [0.25, 0.3) is 0 Å². The van der Waals surface area contributed by atoms with Crippen molar-refractivity contribution in [1.82, 2.24) is 0 Å². The van der Waals surface area contributed by atoms with Crippen LogP contribution in [0.2, 0.25) is 0 Å². The average Bonchev–Trinajstić information content (AvgIpc) is 1.68. The van der Waals surface area contributed by atoms with E-state index in [2.05, 4.69) is 0 Å². The van der Waals surface area contributed by atoms with Gasteiger partial charge in [-0.15, -0.1) is 0 Å². The Kier molecular flexibility index (Phi) is 3.57. The van der Waals surface area contributed by atoms with Crippen molar-refractivity contribution in [3.8, 4) is 0 Å². The predicted octanol–water partition coefficient (Wildman–Crippen LogP) is 3.35. The first kappa shape index (κ1) is 8.01. The van der Waals surface area contributed by atoms with E-state index in [1.807, 2.05) is 13.8 Å². The van der Waals surface area contributed by atoms with Crippen LogP contribution in [0.5, 0.6) is 0 Å². The molecule has 0 aromatic rings. The molecule has 0 atom stereocenters. The van der Waals surface area contributed by atoms with Gasteiger partial charge in [0.05, 0.1) is 12.3 Å². The van der Waals surface area contributed by atoms with Gasteiger partial charge in [0.15, 0.2) is 0 Å². The maximum Gasteiger partial charge on any atom is 0.210 e. The maximum atomic E-state index is 5.78. The van der Waals surface area contributed by atoms with Crippen LogP contribution in [0, 0.1) is 0 Å². The second kappa shape index (κ2) is 3.12. The highest BCUT2D eigenvalue weighted by atomic mass is 35.9. The number of hydrogen-bond acceptors (Lipinski definition) is 0. The first-order valence-corrected chi connectivity index (χ1v) is 6.35. The molecule has 0 aliphatic rings. The number of hydrogen-bond donors (Lipinski definition) is 0. The van der Waals surface area contributed by atoms with Gasteiger partial charge in [-0.25, -0.2) is 0 Å². The Labute approximate surface area is 55.1 Å². The van der Waals surface area contributed by atoms with E-state index in [0.29, 0.717) is 0 Å². The lowest BCUT2D eigenvalue weighted by molar-refractivity contribution is 1.43. The number of halogens is 2. The first-order chi connectivity index (χ1) is 3.12. The van der Waals surface area contributed by atoms with E-state index in [9.17, 15) is 0 Å². The maximum absolute atomic E-state index is 5.78. The first-order valence-electron chi connectivity index (χ1n) is 2.38. The van der Waals surface area contributed by atoms with Gasteiger partial charge >= 0.3 is 0 Å². The SMILES string of the molecule is CC[P+](Cl)(Cl)CC. The van der Waals surface area contributed by atoms with Crippen LogP contribution in [0.15, 0.2) is 0 Å². The van der Waals surface area contributed by atoms with E-state index in [1.165, 1.54) is 0 Å². The van der Waals surface area contributed by atoms with Crippen LogP contribution < -0.4 is 0 Å². The van der Waals surface area contributed by atoms with Gasteiger partial charge in [0.1, 0.15) is 22.5 Å². The molecule has 3 heteroatoms. The van der Waals surface area contributed by atoms with Crippen molar-refractivity contribution in [3.63, 3.8) is 0 Å². The van der Waals surface area contributed by atoms with Gasteiger partial charge in [0.25, 0.3) is 0 Å². The molecule has 0 amide bonds. The minimum atomic E-state index is -1.46. The van der Waals surface area contributed by atoms with Crippen LogP contribution >= 0.6 is 28.4 Å². The van der Waals surface area contributed by atoms with Crippen molar-refractivity contribution >= 4 is 28.4 Å². The highest BCUT2D eigenvalue weighted by molar-refractivity contribution is 8.17. The Morgan fingerprint density at radius 2 is 1.43 bits per heavy atom. The third-order valence-electron chi connectivity index (χ3n) is 0.925. The third kappa shape index (κ3) is 3.58. The summed E-state index contributed by atoms with van der Waals surface area (Å²) in [7, 11) is 0. The van der Waals surface area contributed by atoms with E-state index >= 15 is 0 Å². The van der Waals surface area contributed by atoms with E-state index in [4.69, 9.17) is 22.5 Å². The highest BCUT2D eigenvalue weighted by Crippen LogP contribution is 2.68. The molecular formula is C4H10Cl2P+. The molecule has 0 unspecified atom stereocenters. The zero-order chi connectivity index (χ0) is 5.91. The smallest absolute Gasteiger partial charge is 0.0282 e. The summed E-state index contributed by atoms with van der Waals surface area (Å²) in [5, 5.41) is 0. The Balaban J connectivity index is 3.36. The van der Waals surface area contributed by atoms with Gasteiger partial charge in [-0.05, 0) is 13.8 Å². The molecule has 0 aromatic carbocycles. The van der Waals surface area contributed by atoms with Gasteiger partial charge in [-0.1, -0.05) is 0 Å². The molecule has 0 saturated carbocycles. The molecule has 0 saturated heterocycles. The summed E-state index contributed by atoms with van der Waals surface area (Å²) in [5.74, 6) is -1.46. The Hall–Kier alpha value is 1.01. The van der Waals surface area contributed by atoms with Crippen LogP contribution in [-0.4, -0.2) is 12.3 Å². The molecule has 0 bridgehead atoms. The summed E-state index contributed by atoms with van der Waals surface area (Å²) >= 11 is 11.6. The Morgan fingerprint density at radius 3 is 1.43 bits per heavy atom. The van der Waals surface area contributed by atoms with Crippen molar-refractivity contribution in [2.24, 2.45) is 0 Å². The summed E-state index contributed by atoms with van der Waals surface area (Å²) < 4.78 is 0. The molecule has 0 spiro atoms. The molecule has 7 heavy (non-hydrogen) atoms. The minimum absolute atomic E-state index is 0.937. The normalized spacial score (nSPS) is 12.0. The van der Waals surface area contributed by atoms with Gasteiger partial charge in [0, 0.05) is 0 Å². The molecule has 0 nitrogen and oxygen atoms in total. The molecule has 44 valence electrons. The van der Waals surface area contributed by atoms with E-state index < -0.39 is 5.97 Å². The summed E-state index contributed by atoms with van der Waals surface area (Å²) in [5.41, 5.74) is 0. The van der Waals surface area contributed by atoms with Gasteiger partial charge in [0.2, 0.25) is 5.97 Å². The zero-order valence-corrected chi connectivity index (χ0v) is 7.02. The summed E-state index contributed by atoms with van der Waals surface area (Å²) in [4.78, 5) is 0. The summed E-state index contributed by atoms with van der Waals surface area (Å²) in [6.45, 7) is 4.05. The largest absolute Gasteiger partial charge is 0.210 e. The summed E-state index contributed by atoms with van der Waals surface area (Å²) in [6, 6.07) is 0. The van der Waals surface area contributed by atoms with Crippen molar-refractivity contribution < 1.29 is 0 Å². The lowest BCUT2D eigenvalue weighted by atomic mass is 11.0. The summed E-state index contributed by atoms with van der Waals surface area (Å²) in [6.07, 6.45) is 1.87. The van der Waals surface area contributed by atoms with Crippen LogP contribution in [0.4, 0.5) is 0 Å². The Morgan fingerprint density at radius 1 is 1.14 bits per heavy atom. The molecular weight excluding hydrogens is 150 g/mol. The monoisotopic (exact) mass is 159 g/mol. The van der Waals surface area contributed by atoms with E-state index in [-0.39, 0.29) is 0 Å². The van der Waals surface area contributed by atoms with Crippen LogP contribution in [0.1, 0.15) is 13.8 Å². The van der Waals surface area contributed by atoms with E-state index in [0.717, 1.165) is 12.3 Å². The average molecular weight is 160 g/mol. The molecule has 0 aromatic heterocycles. The van der Waals surface area contributed by atoms with Crippen molar-refractivity contribution in [3.05, 3.63) is 0 Å². The van der Waals surface area contributed by atoms with Gasteiger partial charge in [-0.2, -0.15) is 0 Å². The minimum Gasteiger partial charge on any atom is -0.0282 e. The van der Waals surface area contributed by atoms with Crippen molar-refractivity contribution in [2.45, 2.75) is 13.8 Å². The lowest BCUT2D eigenvalue weighted by Crippen LogP contribution is -1.80. The topological polar surface area (TPSA) is 0 Å². The third-order valence-corrected chi connectivity index (χ3v) is 5.64. The predicted molar refractivity (Wildman–Crippen MR) is 39.7 cm³/mol. The highest BCUT2D eigenvalue weighted by Gasteiger charge is 2.28. The molecule has 0 aliphatic heterocycles. The molecule has 0 rings (SSSR count). The Bertz CT molecular complexity index is 47.7. The standard InChI is InChI=1S/C4H10Cl2P/c1-3-7(5,6)4-2/h3-4H2,1-2H3/q+1. The van der Waals surface area contributed by atoms with Gasteiger partial charge < -0.3 is 0 Å². The molecule has 0 fully saturated rings. The fraction of sp³-hybridized carbons (Fsp3) is 1.00. The molecule has 0 radical (unpaired) electrons. The van der Waals surface area contributed by atoms with Crippen molar-refractivity contribution in [2.75, 3.05) is 12.3 Å². The number of rotatable bonds is 2. The fourth-order valence-corrected chi connectivity index (χ4v) is 0.671. The van der Waals surface area contributed by atoms with Gasteiger partial charge in [-0.3, -0.25) is 0 Å². The molecule has 0 N–H and O–H groups in total. The fourth-order valence-electron chi connectivity index (χ4n) is 0.224. The lowest BCUT2D eigenvalue weighted by Gasteiger charge is -2.00. The van der Waals surface area contributed by atoms with E-state index in [1.54, 1.807) is 0 Å². The van der Waals surface area contributed by atoms with Crippen molar-refractivity contribution in [1.29, 1.82) is 0 Å². The quantitative estimate of drug-likeness (QED) is 0.543. The zero-order valence-electron chi connectivity index (χ0n) is 4.62.